The quantitative estimate of drug-likeness (QED) is 0.627. The Kier molecular flexibility index (Phi) is 2.42. The van der Waals surface area contributed by atoms with Crippen molar-refractivity contribution in [2.24, 2.45) is 11.5 Å². The smallest absolute Gasteiger partial charge is 0.0419 e. The van der Waals surface area contributed by atoms with Crippen molar-refractivity contribution in [1.29, 1.82) is 0 Å². The van der Waals surface area contributed by atoms with Crippen LogP contribution in [-0.4, -0.2) is 6.54 Å². The van der Waals surface area contributed by atoms with Gasteiger partial charge in [-0.15, -0.1) is 0 Å². The van der Waals surface area contributed by atoms with E-state index >= 15 is 0 Å². The normalized spacial score (nSPS) is 13.0. The van der Waals surface area contributed by atoms with Gasteiger partial charge in [-0.2, -0.15) is 0 Å². The van der Waals surface area contributed by atoms with Gasteiger partial charge >= 0.3 is 0 Å². The third kappa shape index (κ3) is 1.56. The molecule has 0 fully saturated rings. The van der Waals surface area contributed by atoms with E-state index in [1.807, 2.05) is 30.3 Å². The summed E-state index contributed by atoms with van der Waals surface area (Å²) in [5.74, 6) is 0. The van der Waals surface area contributed by atoms with Gasteiger partial charge in [0.15, 0.2) is 0 Å². The highest BCUT2D eigenvalue weighted by molar-refractivity contribution is 5.18. The lowest BCUT2D eigenvalue weighted by molar-refractivity contribution is 0.737. The fraction of sp³-hybridized carbons (Fsp3) is 0.250. The second-order valence-corrected chi connectivity index (χ2v) is 2.25. The monoisotopic (exact) mass is 136 g/mol. The van der Waals surface area contributed by atoms with E-state index in [1.165, 1.54) is 0 Å². The summed E-state index contributed by atoms with van der Waals surface area (Å²) >= 11 is 0. The van der Waals surface area contributed by atoms with Crippen LogP contribution in [0.1, 0.15) is 11.6 Å². The van der Waals surface area contributed by atoms with Crippen molar-refractivity contribution < 1.29 is 0 Å². The van der Waals surface area contributed by atoms with Crippen LogP contribution >= 0.6 is 0 Å². The van der Waals surface area contributed by atoms with Crippen LogP contribution in [0.15, 0.2) is 30.3 Å². The number of nitrogens with two attached hydrogens (primary N) is 2. The summed E-state index contributed by atoms with van der Waals surface area (Å²) in [6.07, 6.45) is 0. The first-order valence-electron chi connectivity index (χ1n) is 3.35. The average Bonchev–Trinajstić information content (AvgIpc) is 2.05. The first kappa shape index (κ1) is 7.25. The van der Waals surface area contributed by atoms with E-state index in [9.17, 15) is 0 Å². The van der Waals surface area contributed by atoms with Gasteiger partial charge < -0.3 is 11.5 Å². The third-order valence-corrected chi connectivity index (χ3v) is 1.48. The predicted molar refractivity (Wildman–Crippen MR) is 42.4 cm³/mol. The molecule has 1 atom stereocenters. The van der Waals surface area contributed by atoms with Crippen molar-refractivity contribution in [2.45, 2.75) is 6.04 Å². The van der Waals surface area contributed by atoms with Crippen LogP contribution in [0.5, 0.6) is 0 Å². The molecular formula is C8H12N2. The molecule has 0 radical (unpaired) electrons. The van der Waals surface area contributed by atoms with Gasteiger partial charge in [0, 0.05) is 12.6 Å². The molecule has 0 aromatic heterocycles. The van der Waals surface area contributed by atoms with Gasteiger partial charge in [0.1, 0.15) is 0 Å². The lowest BCUT2D eigenvalue weighted by Crippen LogP contribution is -2.20. The first-order valence-corrected chi connectivity index (χ1v) is 3.35. The highest BCUT2D eigenvalue weighted by atomic mass is 14.7. The fourth-order valence-corrected chi connectivity index (χ4v) is 0.836. The Morgan fingerprint density at radius 3 is 2.30 bits per heavy atom. The standard InChI is InChI=1S/C8H12N2/c9-6-8(10)7-4-2-1-3-5-7/h1-5,8H,6,9-10H2/t8-/m1/s1. The summed E-state index contributed by atoms with van der Waals surface area (Å²) in [6.45, 7) is 0.504. The molecule has 10 heavy (non-hydrogen) atoms. The summed E-state index contributed by atoms with van der Waals surface area (Å²) in [6, 6.07) is 9.85. The molecule has 0 saturated carbocycles. The Bertz CT molecular complexity index is 184. The van der Waals surface area contributed by atoms with Crippen LogP contribution in [0.25, 0.3) is 0 Å². The Hall–Kier alpha value is -0.860. The minimum Gasteiger partial charge on any atom is -0.329 e. The molecular weight excluding hydrogens is 124 g/mol. The van der Waals surface area contributed by atoms with Crippen molar-refractivity contribution in [1.82, 2.24) is 0 Å². The zero-order valence-electron chi connectivity index (χ0n) is 5.83. The Labute approximate surface area is 60.8 Å². The Morgan fingerprint density at radius 2 is 1.80 bits per heavy atom. The van der Waals surface area contributed by atoms with E-state index in [2.05, 4.69) is 0 Å². The molecule has 2 nitrogen and oxygen atoms in total. The molecule has 0 aliphatic rings. The van der Waals surface area contributed by atoms with Gasteiger partial charge in [-0.25, -0.2) is 0 Å². The fourth-order valence-electron chi connectivity index (χ4n) is 0.836. The van der Waals surface area contributed by atoms with E-state index in [-0.39, 0.29) is 6.04 Å². The molecule has 0 unspecified atom stereocenters. The van der Waals surface area contributed by atoms with E-state index in [1.54, 1.807) is 0 Å². The minimum absolute atomic E-state index is 0.0128. The maximum Gasteiger partial charge on any atom is 0.0419 e. The van der Waals surface area contributed by atoms with Crippen LogP contribution in [0.3, 0.4) is 0 Å². The van der Waals surface area contributed by atoms with Crippen molar-refractivity contribution in [2.75, 3.05) is 6.54 Å². The van der Waals surface area contributed by atoms with E-state index in [4.69, 9.17) is 11.5 Å². The average molecular weight is 136 g/mol. The zero-order valence-corrected chi connectivity index (χ0v) is 5.83. The van der Waals surface area contributed by atoms with Gasteiger partial charge in [0.2, 0.25) is 0 Å². The molecule has 2 heteroatoms. The third-order valence-electron chi connectivity index (χ3n) is 1.48. The van der Waals surface area contributed by atoms with Crippen LogP contribution in [0.4, 0.5) is 0 Å². The molecule has 0 saturated heterocycles. The Morgan fingerprint density at radius 1 is 1.20 bits per heavy atom. The topological polar surface area (TPSA) is 52.0 Å². The summed E-state index contributed by atoms with van der Waals surface area (Å²) in [5, 5.41) is 0. The number of hydrogen-bond donors (Lipinski definition) is 2. The Balaban J connectivity index is 2.75. The summed E-state index contributed by atoms with van der Waals surface area (Å²) in [4.78, 5) is 0. The van der Waals surface area contributed by atoms with E-state index < -0.39 is 0 Å². The second-order valence-electron chi connectivity index (χ2n) is 2.25. The summed E-state index contributed by atoms with van der Waals surface area (Å²) < 4.78 is 0. The molecule has 1 aromatic carbocycles. The van der Waals surface area contributed by atoms with Gasteiger partial charge in [0.25, 0.3) is 0 Å². The van der Waals surface area contributed by atoms with Crippen molar-refractivity contribution in [3.8, 4) is 0 Å². The van der Waals surface area contributed by atoms with Crippen LogP contribution in [0.2, 0.25) is 0 Å². The molecule has 0 aliphatic carbocycles. The van der Waals surface area contributed by atoms with Crippen LogP contribution in [0, 0.1) is 0 Å². The van der Waals surface area contributed by atoms with Gasteiger partial charge in [0.05, 0.1) is 0 Å². The highest BCUT2D eigenvalue weighted by Gasteiger charge is 1.99. The lowest BCUT2D eigenvalue weighted by Gasteiger charge is -2.06. The van der Waals surface area contributed by atoms with Gasteiger partial charge in [-0.1, -0.05) is 30.3 Å². The molecule has 0 amide bonds. The van der Waals surface area contributed by atoms with Crippen LogP contribution in [-0.2, 0) is 0 Å². The second kappa shape index (κ2) is 3.34. The largest absolute Gasteiger partial charge is 0.329 e. The maximum absolute atomic E-state index is 5.67. The number of hydrogen-bond acceptors (Lipinski definition) is 2. The van der Waals surface area contributed by atoms with Crippen LogP contribution < -0.4 is 11.5 Å². The van der Waals surface area contributed by atoms with Crippen molar-refractivity contribution >= 4 is 0 Å². The van der Waals surface area contributed by atoms with Gasteiger partial charge in [-0.3, -0.25) is 0 Å². The molecule has 0 aliphatic heterocycles. The summed E-state index contributed by atoms with van der Waals surface area (Å²) in [7, 11) is 0. The molecule has 0 bridgehead atoms. The SMILES string of the molecule is NC[C@@H](N)c1ccccc1. The maximum atomic E-state index is 5.67. The molecule has 0 heterocycles. The van der Waals surface area contributed by atoms with Crippen molar-refractivity contribution in [3.05, 3.63) is 35.9 Å². The molecule has 4 N–H and O–H groups in total. The molecule has 1 rings (SSSR count). The molecule has 1 aromatic rings. The number of benzene rings is 1. The van der Waals surface area contributed by atoms with E-state index in [0.29, 0.717) is 6.54 Å². The molecule has 0 spiro atoms. The zero-order chi connectivity index (χ0) is 7.40. The van der Waals surface area contributed by atoms with E-state index in [0.717, 1.165) is 5.56 Å². The molecule has 54 valence electrons. The van der Waals surface area contributed by atoms with Gasteiger partial charge in [-0.05, 0) is 5.56 Å². The first-order chi connectivity index (χ1) is 4.84. The predicted octanol–water partition coefficient (Wildman–Crippen LogP) is 0.645. The minimum atomic E-state index is -0.0128. The highest BCUT2D eigenvalue weighted by Crippen LogP contribution is 2.06. The summed E-state index contributed by atoms with van der Waals surface area (Å²) in [5.41, 5.74) is 12.2. The number of rotatable bonds is 2. The van der Waals surface area contributed by atoms with Crippen molar-refractivity contribution in [3.63, 3.8) is 0 Å². The lowest BCUT2D eigenvalue weighted by atomic mass is 10.1.